The Labute approximate surface area is 173 Å². The number of nitrogens with two attached hydrogens (primary N) is 1. The average molecular weight is 415 g/mol. The summed E-state index contributed by atoms with van der Waals surface area (Å²) in [6.07, 6.45) is 4.27. The zero-order valence-corrected chi connectivity index (χ0v) is 18.3. The first-order valence-electron chi connectivity index (χ1n) is 10.2. The number of hydrogen-bond acceptors (Lipinski definition) is 5. The molecule has 2 aromatic heterocycles. The minimum Gasteiger partial charge on any atom is -0.382 e. The standard InChI is InChI=1S/C22H30N4O2S/c1-4-11-19-25-20-21(16(2)17(3)24-22(20)23)26(19)14-9-6-10-15-29(27,28)18-12-7-5-8-13-18/h5,7-8,12-13H,4,6,9-11,14-15H2,1-3H3,(H2,23,24). The van der Waals surface area contributed by atoms with E-state index in [0.29, 0.717) is 17.1 Å². The maximum atomic E-state index is 12.4. The lowest BCUT2D eigenvalue weighted by Gasteiger charge is -2.12. The zero-order chi connectivity index (χ0) is 21.0. The Morgan fingerprint density at radius 1 is 1.03 bits per heavy atom. The van der Waals surface area contributed by atoms with Gasteiger partial charge in [0.2, 0.25) is 0 Å². The summed E-state index contributed by atoms with van der Waals surface area (Å²) < 4.78 is 27.1. The molecular weight excluding hydrogens is 384 g/mol. The van der Waals surface area contributed by atoms with Crippen molar-refractivity contribution in [1.82, 2.24) is 14.5 Å². The molecule has 3 aromatic rings. The first kappa shape index (κ1) is 21.3. The Morgan fingerprint density at radius 2 is 1.76 bits per heavy atom. The molecule has 0 aliphatic heterocycles. The van der Waals surface area contributed by atoms with Gasteiger partial charge in [-0.05, 0) is 50.8 Å². The molecule has 0 radical (unpaired) electrons. The third-order valence-corrected chi connectivity index (χ3v) is 7.16. The highest BCUT2D eigenvalue weighted by Crippen LogP contribution is 2.27. The second kappa shape index (κ2) is 8.95. The van der Waals surface area contributed by atoms with Crippen molar-refractivity contribution >= 4 is 26.7 Å². The lowest BCUT2D eigenvalue weighted by molar-refractivity contribution is 0.572. The SMILES string of the molecule is CCCc1nc2c(N)nc(C)c(C)c2n1CCCCCS(=O)(=O)c1ccccc1. The molecule has 0 spiro atoms. The number of nitrogen functional groups attached to an aromatic ring is 1. The van der Waals surface area contributed by atoms with E-state index in [1.54, 1.807) is 24.3 Å². The molecule has 0 amide bonds. The van der Waals surface area contributed by atoms with Crippen LogP contribution in [0.15, 0.2) is 35.2 Å². The maximum Gasteiger partial charge on any atom is 0.178 e. The summed E-state index contributed by atoms with van der Waals surface area (Å²) in [5.41, 5.74) is 10.0. The number of aryl methyl sites for hydroxylation is 4. The first-order chi connectivity index (χ1) is 13.8. The number of imidazole rings is 1. The van der Waals surface area contributed by atoms with E-state index in [1.165, 1.54) is 0 Å². The fourth-order valence-corrected chi connectivity index (χ4v) is 5.08. The maximum absolute atomic E-state index is 12.4. The summed E-state index contributed by atoms with van der Waals surface area (Å²) in [4.78, 5) is 9.58. The summed E-state index contributed by atoms with van der Waals surface area (Å²) >= 11 is 0. The van der Waals surface area contributed by atoms with Crippen molar-refractivity contribution in [2.45, 2.75) is 64.3 Å². The Hall–Kier alpha value is -2.41. The van der Waals surface area contributed by atoms with Crippen LogP contribution in [0.2, 0.25) is 0 Å². The zero-order valence-electron chi connectivity index (χ0n) is 17.5. The third kappa shape index (κ3) is 4.61. The van der Waals surface area contributed by atoms with E-state index < -0.39 is 9.84 Å². The van der Waals surface area contributed by atoms with Crippen LogP contribution in [0.4, 0.5) is 5.82 Å². The van der Waals surface area contributed by atoms with E-state index in [1.807, 2.05) is 13.0 Å². The molecule has 0 aliphatic rings. The van der Waals surface area contributed by atoms with Gasteiger partial charge in [-0.15, -0.1) is 0 Å². The molecule has 0 aliphatic carbocycles. The topological polar surface area (TPSA) is 90.9 Å². The van der Waals surface area contributed by atoms with Crippen LogP contribution in [-0.4, -0.2) is 28.7 Å². The molecular formula is C22H30N4O2S. The number of anilines is 1. The molecule has 7 heteroatoms. The molecule has 1 aromatic carbocycles. The van der Waals surface area contributed by atoms with Gasteiger partial charge in [0.05, 0.1) is 16.2 Å². The lowest BCUT2D eigenvalue weighted by atomic mass is 10.2. The van der Waals surface area contributed by atoms with E-state index >= 15 is 0 Å². The van der Waals surface area contributed by atoms with Crippen LogP contribution in [0.25, 0.3) is 11.0 Å². The van der Waals surface area contributed by atoms with Crippen molar-refractivity contribution in [1.29, 1.82) is 0 Å². The van der Waals surface area contributed by atoms with Crippen LogP contribution in [0.5, 0.6) is 0 Å². The minimum absolute atomic E-state index is 0.179. The lowest BCUT2D eigenvalue weighted by Crippen LogP contribution is -2.08. The minimum atomic E-state index is -3.21. The number of nitrogens with zero attached hydrogens (tertiary/aromatic N) is 3. The van der Waals surface area contributed by atoms with Crippen molar-refractivity contribution < 1.29 is 8.42 Å². The number of unbranched alkanes of at least 4 members (excludes halogenated alkanes) is 2. The van der Waals surface area contributed by atoms with E-state index in [2.05, 4.69) is 23.4 Å². The Kier molecular flexibility index (Phi) is 6.57. The fraction of sp³-hybridized carbons (Fsp3) is 0.455. The van der Waals surface area contributed by atoms with Gasteiger partial charge in [-0.1, -0.05) is 31.5 Å². The monoisotopic (exact) mass is 414 g/mol. The normalized spacial score (nSPS) is 12.0. The van der Waals surface area contributed by atoms with Gasteiger partial charge in [0, 0.05) is 18.7 Å². The number of fused-ring (bicyclic) bond motifs is 1. The van der Waals surface area contributed by atoms with Gasteiger partial charge in [-0.25, -0.2) is 18.4 Å². The molecule has 29 heavy (non-hydrogen) atoms. The Bertz CT molecular complexity index is 1090. The number of rotatable bonds is 9. The average Bonchev–Trinajstić information content (AvgIpc) is 3.06. The van der Waals surface area contributed by atoms with E-state index in [4.69, 9.17) is 10.7 Å². The first-order valence-corrected chi connectivity index (χ1v) is 11.9. The number of benzene rings is 1. The number of pyridine rings is 1. The van der Waals surface area contributed by atoms with Gasteiger partial charge in [0.15, 0.2) is 15.7 Å². The van der Waals surface area contributed by atoms with Crippen LogP contribution in [0, 0.1) is 13.8 Å². The summed E-state index contributed by atoms with van der Waals surface area (Å²) in [6.45, 7) is 6.97. The van der Waals surface area contributed by atoms with Crippen LogP contribution in [-0.2, 0) is 22.8 Å². The van der Waals surface area contributed by atoms with Gasteiger partial charge < -0.3 is 10.3 Å². The molecule has 156 valence electrons. The summed E-state index contributed by atoms with van der Waals surface area (Å²) in [6, 6.07) is 8.67. The van der Waals surface area contributed by atoms with E-state index in [-0.39, 0.29) is 5.75 Å². The second-order valence-corrected chi connectivity index (χ2v) is 9.64. The molecule has 0 fully saturated rings. The van der Waals surface area contributed by atoms with Crippen molar-refractivity contribution in [3.63, 3.8) is 0 Å². The largest absolute Gasteiger partial charge is 0.382 e. The number of hydrogen-bond donors (Lipinski definition) is 1. The van der Waals surface area contributed by atoms with Crippen LogP contribution in [0.1, 0.15) is 49.7 Å². The van der Waals surface area contributed by atoms with Crippen molar-refractivity contribution in [2.75, 3.05) is 11.5 Å². The van der Waals surface area contributed by atoms with Gasteiger partial charge >= 0.3 is 0 Å². The highest BCUT2D eigenvalue weighted by atomic mass is 32.2. The Balaban J connectivity index is 1.70. The summed E-state index contributed by atoms with van der Waals surface area (Å²) in [5.74, 6) is 1.69. The third-order valence-electron chi connectivity index (χ3n) is 5.35. The van der Waals surface area contributed by atoms with Crippen LogP contribution in [0.3, 0.4) is 0 Å². The number of sulfone groups is 1. The molecule has 0 unspecified atom stereocenters. The molecule has 3 rings (SSSR count). The summed E-state index contributed by atoms with van der Waals surface area (Å²) in [5, 5.41) is 0. The summed E-state index contributed by atoms with van der Waals surface area (Å²) in [7, 11) is -3.21. The molecule has 0 saturated heterocycles. The van der Waals surface area contributed by atoms with Crippen LogP contribution >= 0.6 is 0 Å². The van der Waals surface area contributed by atoms with Crippen molar-refractivity contribution in [3.8, 4) is 0 Å². The molecule has 0 saturated carbocycles. The van der Waals surface area contributed by atoms with Gasteiger partial charge in [0.1, 0.15) is 11.3 Å². The fourth-order valence-electron chi connectivity index (χ4n) is 3.69. The molecule has 2 heterocycles. The highest BCUT2D eigenvalue weighted by molar-refractivity contribution is 7.91. The van der Waals surface area contributed by atoms with Gasteiger partial charge in [0.25, 0.3) is 0 Å². The smallest absolute Gasteiger partial charge is 0.178 e. The highest BCUT2D eigenvalue weighted by Gasteiger charge is 2.17. The molecule has 2 N–H and O–H groups in total. The van der Waals surface area contributed by atoms with E-state index in [9.17, 15) is 8.42 Å². The van der Waals surface area contributed by atoms with Crippen molar-refractivity contribution in [3.05, 3.63) is 47.4 Å². The second-order valence-electron chi connectivity index (χ2n) is 7.53. The quantitative estimate of drug-likeness (QED) is 0.529. The Morgan fingerprint density at radius 3 is 2.45 bits per heavy atom. The van der Waals surface area contributed by atoms with Gasteiger partial charge in [-0.3, -0.25) is 0 Å². The van der Waals surface area contributed by atoms with Crippen LogP contribution < -0.4 is 5.73 Å². The molecule has 0 atom stereocenters. The number of aromatic nitrogens is 3. The van der Waals surface area contributed by atoms with E-state index in [0.717, 1.165) is 60.3 Å². The van der Waals surface area contributed by atoms with Crippen molar-refractivity contribution in [2.24, 2.45) is 0 Å². The van der Waals surface area contributed by atoms with Gasteiger partial charge in [-0.2, -0.15) is 0 Å². The molecule has 0 bridgehead atoms. The predicted molar refractivity (Wildman–Crippen MR) is 118 cm³/mol. The molecule has 6 nitrogen and oxygen atoms in total. The predicted octanol–water partition coefficient (Wildman–Crippen LogP) is 4.23.